The van der Waals surface area contributed by atoms with Gasteiger partial charge in [0.2, 0.25) is 5.91 Å². The van der Waals surface area contributed by atoms with E-state index in [2.05, 4.69) is 43.8 Å². The molecule has 7 nitrogen and oxygen atoms in total. The van der Waals surface area contributed by atoms with Gasteiger partial charge in [-0.2, -0.15) is 0 Å². The van der Waals surface area contributed by atoms with Crippen molar-refractivity contribution >= 4 is 79.1 Å². The van der Waals surface area contributed by atoms with Crippen LogP contribution < -0.4 is 14.8 Å². The zero-order valence-electron chi connectivity index (χ0n) is 19.0. The summed E-state index contributed by atoms with van der Waals surface area (Å²) in [5.74, 6) is 0.110. The van der Waals surface area contributed by atoms with Crippen LogP contribution in [0.3, 0.4) is 0 Å². The van der Waals surface area contributed by atoms with Crippen LogP contribution in [0.5, 0.6) is 11.5 Å². The van der Waals surface area contributed by atoms with Crippen LogP contribution in [0.4, 0.5) is 10.5 Å². The van der Waals surface area contributed by atoms with E-state index in [1.807, 2.05) is 42.5 Å². The smallest absolute Gasteiger partial charge is 0.294 e. The third-order valence-electron chi connectivity index (χ3n) is 5.10. The summed E-state index contributed by atoms with van der Waals surface area (Å²) in [7, 11) is 1.54. The molecule has 1 aliphatic rings. The van der Waals surface area contributed by atoms with Crippen LogP contribution in [-0.2, 0) is 16.2 Å². The molecule has 3 aromatic carbocycles. The lowest BCUT2D eigenvalue weighted by molar-refractivity contribution is -0.127. The Labute approximate surface area is 234 Å². The number of halogens is 2. The van der Waals surface area contributed by atoms with Crippen LogP contribution in [0.1, 0.15) is 11.1 Å². The van der Waals surface area contributed by atoms with Gasteiger partial charge in [-0.3, -0.25) is 19.3 Å². The number of hydrogen-bond acceptors (Lipinski definition) is 6. The number of anilines is 1. The topological polar surface area (TPSA) is 84.9 Å². The fraction of sp³-hybridized carbons (Fsp3) is 0.115. The number of para-hydroxylation sites is 1. The van der Waals surface area contributed by atoms with Gasteiger partial charge in [-0.05, 0) is 91.8 Å². The molecule has 36 heavy (non-hydrogen) atoms. The number of ether oxygens (including phenoxy) is 2. The lowest BCUT2D eigenvalue weighted by Crippen LogP contribution is -2.36. The molecule has 1 saturated heterocycles. The van der Waals surface area contributed by atoms with Gasteiger partial charge in [-0.1, -0.05) is 42.5 Å². The minimum atomic E-state index is -0.523. The van der Waals surface area contributed by atoms with Crippen molar-refractivity contribution in [2.24, 2.45) is 0 Å². The molecule has 0 aliphatic carbocycles. The van der Waals surface area contributed by atoms with Gasteiger partial charge in [-0.15, -0.1) is 0 Å². The van der Waals surface area contributed by atoms with Gasteiger partial charge < -0.3 is 14.8 Å². The van der Waals surface area contributed by atoms with E-state index >= 15 is 0 Å². The second-order valence-corrected chi connectivity index (χ2v) is 10.6. The highest BCUT2D eigenvalue weighted by Crippen LogP contribution is 2.37. The van der Waals surface area contributed by atoms with E-state index in [4.69, 9.17) is 9.47 Å². The van der Waals surface area contributed by atoms with Gasteiger partial charge in [0, 0.05) is 4.47 Å². The Morgan fingerprint density at radius 1 is 1.11 bits per heavy atom. The first kappa shape index (κ1) is 26.2. The molecule has 0 atom stereocenters. The van der Waals surface area contributed by atoms with Gasteiger partial charge in [0.1, 0.15) is 13.2 Å². The highest BCUT2D eigenvalue weighted by molar-refractivity contribution is 14.1. The highest BCUT2D eigenvalue weighted by atomic mass is 127. The normalized spacial score (nSPS) is 14.3. The fourth-order valence-corrected chi connectivity index (χ4v) is 5.38. The highest BCUT2D eigenvalue weighted by Gasteiger charge is 2.36. The summed E-state index contributed by atoms with van der Waals surface area (Å²) in [6.45, 7) is 0.00349. The van der Waals surface area contributed by atoms with E-state index < -0.39 is 17.1 Å². The maximum absolute atomic E-state index is 12.9. The number of thioether (sulfide) groups is 1. The average molecular weight is 679 g/mol. The largest absolute Gasteiger partial charge is 0.493 e. The Morgan fingerprint density at radius 3 is 2.56 bits per heavy atom. The number of carbonyl (C=O) groups excluding carboxylic acids is 3. The van der Waals surface area contributed by atoms with Gasteiger partial charge in [-0.25, -0.2) is 0 Å². The summed E-state index contributed by atoms with van der Waals surface area (Å²) < 4.78 is 13.0. The van der Waals surface area contributed by atoms with E-state index in [1.54, 1.807) is 37.5 Å². The molecule has 3 amide bonds. The molecule has 0 unspecified atom stereocenters. The van der Waals surface area contributed by atoms with E-state index in [0.717, 1.165) is 25.8 Å². The van der Waals surface area contributed by atoms with Crippen molar-refractivity contribution in [2.45, 2.75) is 6.61 Å². The molecule has 1 heterocycles. The first-order valence-electron chi connectivity index (χ1n) is 10.7. The molecule has 0 radical (unpaired) electrons. The Kier molecular flexibility index (Phi) is 8.70. The molecule has 1 aliphatic heterocycles. The molecule has 1 N–H and O–H groups in total. The number of nitrogens with zero attached hydrogens (tertiary/aromatic N) is 1. The second-order valence-electron chi connectivity index (χ2n) is 7.60. The number of rotatable bonds is 8. The fourth-order valence-electron chi connectivity index (χ4n) is 3.38. The summed E-state index contributed by atoms with van der Waals surface area (Å²) in [6.07, 6.45) is 1.61. The number of imide groups is 1. The number of amides is 3. The van der Waals surface area contributed by atoms with Crippen LogP contribution in [0, 0.1) is 3.57 Å². The van der Waals surface area contributed by atoms with Crippen LogP contribution in [0.2, 0.25) is 0 Å². The Bertz CT molecular complexity index is 1350. The third kappa shape index (κ3) is 6.29. The Hall–Kier alpha value is -2.83. The predicted molar refractivity (Wildman–Crippen MR) is 152 cm³/mol. The molecule has 4 rings (SSSR count). The minimum Gasteiger partial charge on any atom is -0.493 e. The number of methoxy groups -OCH3 is 1. The molecule has 0 spiro atoms. The quantitative estimate of drug-likeness (QED) is 0.222. The molecule has 0 aromatic heterocycles. The zero-order valence-corrected chi connectivity index (χ0v) is 23.6. The van der Waals surface area contributed by atoms with Crippen LogP contribution in [0.25, 0.3) is 6.08 Å². The lowest BCUT2D eigenvalue weighted by atomic mass is 10.1. The van der Waals surface area contributed by atoms with E-state index in [-0.39, 0.29) is 11.4 Å². The second kappa shape index (κ2) is 11.9. The molecule has 1 fully saturated rings. The van der Waals surface area contributed by atoms with Crippen molar-refractivity contribution < 1.29 is 23.9 Å². The van der Waals surface area contributed by atoms with Crippen LogP contribution in [-0.4, -0.2) is 35.6 Å². The minimum absolute atomic E-state index is 0.226. The van der Waals surface area contributed by atoms with Crippen LogP contribution in [0.15, 0.2) is 76.1 Å². The standard InChI is InChI=1S/C26H20BrIN2O5S/c1-34-21-12-17(11-19(28)24(21)35-15-16-7-3-2-4-8-16)13-22-25(32)30(26(33)36-22)14-23(31)29-20-10-6-5-9-18(20)27/h2-13H,14-15H2,1H3,(H,29,31)/b22-13+. The van der Waals surface area contributed by atoms with Crippen molar-refractivity contribution in [2.75, 3.05) is 19.0 Å². The van der Waals surface area contributed by atoms with Crippen LogP contribution >= 0.6 is 50.3 Å². The summed E-state index contributed by atoms with van der Waals surface area (Å²) in [4.78, 5) is 39.0. The molecule has 0 bridgehead atoms. The molecule has 3 aromatic rings. The number of benzene rings is 3. The molecular formula is C26H20BrIN2O5S. The lowest BCUT2D eigenvalue weighted by Gasteiger charge is -2.14. The van der Waals surface area contributed by atoms with Gasteiger partial charge in [0.15, 0.2) is 11.5 Å². The van der Waals surface area contributed by atoms with Gasteiger partial charge in [0.05, 0.1) is 21.3 Å². The molecule has 0 saturated carbocycles. The van der Waals surface area contributed by atoms with E-state index in [9.17, 15) is 14.4 Å². The van der Waals surface area contributed by atoms with Gasteiger partial charge >= 0.3 is 0 Å². The monoisotopic (exact) mass is 678 g/mol. The number of nitrogens with one attached hydrogen (secondary N) is 1. The SMILES string of the molecule is COc1cc(/C=C2/SC(=O)N(CC(=O)Nc3ccccc3Br)C2=O)cc(I)c1OCc1ccccc1. The Morgan fingerprint density at radius 2 is 1.83 bits per heavy atom. The first-order valence-corrected chi connectivity index (χ1v) is 13.4. The third-order valence-corrected chi connectivity index (χ3v) is 7.50. The predicted octanol–water partition coefficient (Wildman–Crippen LogP) is 6.32. The summed E-state index contributed by atoms with van der Waals surface area (Å²) >= 11 is 6.30. The number of carbonyl (C=O) groups is 3. The van der Waals surface area contributed by atoms with Crippen molar-refractivity contribution in [3.05, 3.63) is 90.8 Å². The van der Waals surface area contributed by atoms with Crippen molar-refractivity contribution in [3.63, 3.8) is 0 Å². The maximum Gasteiger partial charge on any atom is 0.294 e. The number of hydrogen-bond donors (Lipinski definition) is 1. The summed E-state index contributed by atoms with van der Waals surface area (Å²) in [6, 6.07) is 20.5. The molecular weight excluding hydrogens is 659 g/mol. The summed E-state index contributed by atoms with van der Waals surface area (Å²) in [5, 5.41) is 2.20. The van der Waals surface area contributed by atoms with E-state index in [1.165, 1.54) is 0 Å². The Balaban J connectivity index is 1.47. The van der Waals surface area contributed by atoms with Crippen molar-refractivity contribution in [3.8, 4) is 11.5 Å². The van der Waals surface area contributed by atoms with Crippen molar-refractivity contribution in [1.82, 2.24) is 4.90 Å². The average Bonchev–Trinajstić information content (AvgIpc) is 3.12. The maximum atomic E-state index is 12.9. The van der Waals surface area contributed by atoms with Crippen molar-refractivity contribution in [1.29, 1.82) is 0 Å². The van der Waals surface area contributed by atoms with Gasteiger partial charge in [0.25, 0.3) is 11.1 Å². The molecule has 184 valence electrons. The zero-order chi connectivity index (χ0) is 25.7. The first-order chi connectivity index (χ1) is 17.4. The molecule has 10 heteroatoms. The summed E-state index contributed by atoms with van der Waals surface area (Å²) in [5.41, 5.74) is 2.25. The van der Waals surface area contributed by atoms with E-state index in [0.29, 0.717) is 33.8 Å².